The minimum atomic E-state index is -3.64. The van der Waals surface area contributed by atoms with Crippen LogP contribution in [0.15, 0.2) is 16.3 Å². The molecule has 0 fully saturated rings. The van der Waals surface area contributed by atoms with Gasteiger partial charge < -0.3 is 5.11 Å². The van der Waals surface area contributed by atoms with Crippen molar-refractivity contribution in [1.82, 2.24) is 4.72 Å². The third-order valence-corrected chi connectivity index (χ3v) is 5.74. The zero-order valence-electron chi connectivity index (χ0n) is 12.7. The Labute approximate surface area is 130 Å². The number of carboxylic acids is 1. The van der Waals surface area contributed by atoms with Crippen LogP contribution in [-0.2, 0) is 10.0 Å². The van der Waals surface area contributed by atoms with E-state index in [1.807, 2.05) is 13.8 Å². The number of sulfonamides is 1. The van der Waals surface area contributed by atoms with Crippen molar-refractivity contribution < 1.29 is 18.3 Å². The smallest absolute Gasteiger partial charge is 0.345 e. The second kappa shape index (κ2) is 7.38. The van der Waals surface area contributed by atoms with Crippen LogP contribution in [0.1, 0.15) is 56.1 Å². The molecular weight excluding hydrogens is 310 g/mol. The Bertz CT molecular complexity index is 576. The Balaban J connectivity index is 2.65. The van der Waals surface area contributed by atoms with Gasteiger partial charge in [-0.05, 0) is 17.9 Å². The second-order valence-corrected chi connectivity index (χ2v) is 8.58. The Kier molecular flexibility index (Phi) is 6.37. The van der Waals surface area contributed by atoms with E-state index in [1.54, 1.807) is 0 Å². The fourth-order valence-electron chi connectivity index (χ4n) is 1.89. The van der Waals surface area contributed by atoms with E-state index < -0.39 is 16.0 Å². The molecule has 120 valence electrons. The van der Waals surface area contributed by atoms with Gasteiger partial charge in [-0.15, -0.1) is 11.3 Å². The molecule has 21 heavy (non-hydrogen) atoms. The molecule has 0 amide bonds. The highest BCUT2D eigenvalue weighted by Crippen LogP contribution is 2.24. The number of aromatic carboxylic acids is 1. The maximum absolute atomic E-state index is 12.1. The first-order chi connectivity index (χ1) is 9.68. The molecule has 0 bridgehead atoms. The summed E-state index contributed by atoms with van der Waals surface area (Å²) in [5, 5.41) is 10.2. The van der Waals surface area contributed by atoms with Gasteiger partial charge in [-0.2, -0.15) is 0 Å². The lowest BCUT2D eigenvalue weighted by molar-refractivity contribution is 0.0702. The van der Waals surface area contributed by atoms with Crippen molar-refractivity contribution in [2.24, 2.45) is 5.41 Å². The molecule has 0 aliphatic rings. The van der Waals surface area contributed by atoms with Gasteiger partial charge in [-0.25, -0.2) is 17.9 Å². The first-order valence-electron chi connectivity index (χ1n) is 6.99. The zero-order valence-corrected chi connectivity index (χ0v) is 14.3. The Morgan fingerprint density at radius 3 is 2.57 bits per heavy atom. The molecule has 2 N–H and O–H groups in total. The van der Waals surface area contributed by atoms with E-state index in [0.717, 1.165) is 37.0 Å². The van der Waals surface area contributed by atoms with Gasteiger partial charge in [0.05, 0.1) is 4.90 Å². The zero-order chi connectivity index (χ0) is 16.1. The van der Waals surface area contributed by atoms with E-state index in [1.165, 1.54) is 11.4 Å². The molecule has 1 rings (SSSR count). The summed E-state index contributed by atoms with van der Waals surface area (Å²) in [6, 6.07) is 1.19. The topological polar surface area (TPSA) is 83.5 Å². The summed E-state index contributed by atoms with van der Waals surface area (Å²) in [4.78, 5) is 10.8. The molecule has 7 heteroatoms. The normalized spacial score (nSPS) is 12.5. The van der Waals surface area contributed by atoms with E-state index in [4.69, 9.17) is 5.11 Å². The SMILES string of the molecule is CCCCCC(C)(C)CNS(=O)(=O)c1csc(C(=O)O)c1. The number of thiophene rings is 1. The summed E-state index contributed by atoms with van der Waals surface area (Å²) in [6.07, 6.45) is 4.30. The molecule has 0 atom stereocenters. The standard InChI is InChI=1S/C14H23NO4S2/c1-4-5-6-7-14(2,3)10-15-21(18,19)11-8-12(13(16)17)20-9-11/h8-9,15H,4-7,10H2,1-3H3,(H,16,17). The summed E-state index contributed by atoms with van der Waals surface area (Å²) in [7, 11) is -3.64. The molecule has 0 radical (unpaired) electrons. The lowest BCUT2D eigenvalue weighted by Gasteiger charge is -2.24. The Hall–Kier alpha value is -0.920. The van der Waals surface area contributed by atoms with Gasteiger partial charge in [-0.3, -0.25) is 0 Å². The summed E-state index contributed by atoms with van der Waals surface area (Å²) >= 11 is 0.916. The predicted octanol–water partition coefficient (Wildman–Crippen LogP) is 3.33. The highest BCUT2D eigenvalue weighted by Gasteiger charge is 2.23. The van der Waals surface area contributed by atoms with Gasteiger partial charge in [0.25, 0.3) is 0 Å². The number of rotatable bonds is 9. The maximum Gasteiger partial charge on any atom is 0.345 e. The van der Waals surface area contributed by atoms with Gasteiger partial charge in [0, 0.05) is 11.9 Å². The summed E-state index contributed by atoms with van der Waals surface area (Å²) in [5.41, 5.74) is -0.117. The van der Waals surface area contributed by atoms with E-state index >= 15 is 0 Å². The van der Waals surface area contributed by atoms with Crippen molar-refractivity contribution in [3.8, 4) is 0 Å². The summed E-state index contributed by atoms with van der Waals surface area (Å²) in [5.74, 6) is -1.11. The van der Waals surface area contributed by atoms with Gasteiger partial charge in [0.1, 0.15) is 4.88 Å². The average Bonchev–Trinajstić information content (AvgIpc) is 2.87. The quantitative estimate of drug-likeness (QED) is 0.679. The van der Waals surface area contributed by atoms with E-state index in [9.17, 15) is 13.2 Å². The van der Waals surface area contributed by atoms with Crippen LogP contribution < -0.4 is 4.72 Å². The van der Waals surface area contributed by atoms with Gasteiger partial charge in [0.15, 0.2) is 0 Å². The van der Waals surface area contributed by atoms with Crippen molar-refractivity contribution in [2.75, 3.05) is 6.54 Å². The number of hydrogen-bond donors (Lipinski definition) is 2. The molecule has 1 aromatic rings. The van der Waals surface area contributed by atoms with Gasteiger partial charge in [-0.1, -0.05) is 40.0 Å². The summed E-state index contributed by atoms with van der Waals surface area (Å²) < 4.78 is 26.9. The lowest BCUT2D eigenvalue weighted by atomic mass is 9.87. The Morgan fingerprint density at radius 1 is 1.38 bits per heavy atom. The van der Waals surface area contributed by atoms with Crippen molar-refractivity contribution in [3.63, 3.8) is 0 Å². The largest absolute Gasteiger partial charge is 0.477 e. The molecular formula is C14H23NO4S2. The van der Waals surface area contributed by atoms with Gasteiger partial charge >= 0.3 is 5.97 Å². The van der Waals surface area contributed by atoms with Crippen molar-refractivity contribution in [3.05, 3.63) is 16.3 Å². The van der Waals surface area contributed by atoms with Crippen molar-refractivity contribution >= 4 is 27.3 Å². The highest BCUT2D eigenvalue weighted by molar-refractivity contribution is 7.89. The van der Waals surface area contributed by atoms with Crippen LogP contribution in [0.25, 0.3) is 0 Å². The monoisotopic (exact) mass is 333 g/mol. The minimum absolute atomic E-state index is 0.0225. The second-order valence-electron chi connectivity index (χ2n) is 5.90. The summed E-state index contributed by atoms with van der Waals surface area (Å²) in [6.45, 7) is 6.53. The van der Waals surface area contributed by atoms with Crippen LogP contribution in [0.5, 0.6) is 0 Å². The highest BCUT2D eigenvalue weighted by atomic mass is 32.2. The van der Waals surface area contributed by atoms with Crippen molar-refractivity contribution in [1.29, 1.82) is 0 Å². The molecule has 0 spiro atoms. The molecule has 1 aromatic heterocycles. The van der Waals surface area contributed by atoms with E-state index in [-0.39, 0.29) is 15.2 Å². The molecule has 0 saturated heterocycles. The fourth-order valence-corrected chi connectivity index (χ4v) is 4.24. The number of carboxylic acid groups (broad SMARTS) is 1. The third kappa shape index (κ3) is 5.76. The van der Waals surface area contributed by atoms with Crippen LogP contribution in [-0.4, -0.2) is 26.0 Å². The number of hydrogen-bond acceptors (Lipinski definition) is 4. The first kappa shape index (κ1) is 18.1. The van der Waals surface area contributed by atoms with Crippen molar-refractivity contribution in [2.45, 2.75) is 51.3 Å². The Morgan fingerprint density at radius 2 is 2.05 bits per heavy atom. The first-order valence-corrected chi connectivity index (χ1v) is 9.36. The number of unbranched alkanes of at least 4 members (excludes halogenated alkanes) is 2. The maximum atomic E-state index is 12.1. The molecule has 0 aliphatic carbocycles. The molecule has 5 nitrogen and oxygen atoms in total. The lowest BCUT2D eigenvalue weighted by Crippen LogP contribution is -2.33. The minimum Gasteiger partial charge on any atom is -0.477 e. The third-order valence-electron chi connectivity index (χ3n) is 3.29. The van der Waals surface area contributed by atoms with Crippen LogP contribution in [0.2, 0.25) is 0 Å². The van der Waals surface area contributed by atoms with Crippen LogP contribution in [0, 0.1) is 5.41 Å². The predicted molar refractivity (Wildman–Crippen MR) is 84.4 cm³/mol. The van der Waals surface area contributed by atoms with E-state index in [0.29, 0.717) is 6.54 Å². The van der Waals surface area contributed by atoms with Gasteiger partial charge in [0.2, 0.25) is 10.0 Å². The van der Waals surface area contributed by atoms with Crippen LogP contribution >= 0.6 is 11.3 Å². The molecule has 0 saturated carbocycles. The molecule has 0 unspecified atom stereocenters. The van der Waals surface area contributed by atoms with Crippen LogP contribution in [0.3, 0.4) is 0 Å². The van der Waals surface area contributed by atoms with E-state index in [2.05, 4.69) is 11.6 Å². The fraction of sp³-hybridized carbons (Fsp3) is 0.643. The average molecular weight is 333 g/mol. The number of nitrogens with one attached hydrogen (secondary N) is 1. The molecule has 0 aromatic carbocycles. The molecule has 0 aliphatic heterocycles. The molecule has 1 heterocycles. The number of carbonyl (C=O) groups is 1. The van der Waals surface area contributed by atoms with Crippen LogP contribution in [0.4, 0.5) is 0 Å².